The minimum Gasteiger partial charge on any atom is -0.326 e. The van der Waals surface area contributed by atoms with E-state index in [4.69, 9.17) is 0 Å². The van der Waals surface area contributed by atoms with Crippen LogP contribution >= 0.6 is 0 Å². The molecule has 32 heavy (non-hydrogen) atoms. The summed E-state index contributed by atoms with van der Waals surface area (Å²) in [6.45, 7) is 1.89. The number of carbonyl (C=O) groups excluding carboxylic acids is 3. The number of halogens is 3. The van der Waals surface area contributed by atoms with E-state index in [1.54, 1.807) is 30.3 Å². The molecule has 2 aromatic carbocycles. The lowest BCUT2D eigenvalue weighted by Gasteiger charge is -2.35. The monoisotopic (exact) mass is 444 g/mol. The molecule has 4 rings (SSSR count). The fourth-order valence-corrected chi connectivity index (χ4v) is 4.58. The first-order valence-corrected chi connectivity index (χ1v) is 10.6. The Kier molecular flexibility index (Phi) is 5.56. The molecule has 1 heterocycles. The lowest BCUT2D eigenvalue weighted by molar-refractivity contribution is -0.139. The second-order valence-electron chi connectivity index (χ2n) is 8.41. The van der Waals surface area contributed by atoms with Gasteiger partial charge in [0.15, 0.2) is 0 Å². The average molecular weight is 444 g/mol. The summed E-state index contributed by atoms with van der Waals surface area (Å²) in [5.74, 6) is -1.91. The summed E-state index contributed by atoms with van der Waals surface area (Å²) in [6.07, 6.45) is -2.88. The summed E-state index contributed by atoms with van der Waals surface area (Å²) in [6, 6.07) is 12.2. The van der Waals surface area contributed by atoms with Gasteiger partial charge in [0, 0.05) is 18.0 Å². The predicted molar refractivity (Wildman–Crippen MR) is 112 cm³/mol. The van der Waals surface area contributed by atoms with E-state index in [1.807, 2.05) is 6.92 Å². The van der Waals surface area contributed by atoms with Gasteiger partial charge in [-0.15, -0.1) is 0 Å². The summed E-state index contributed by atoms with van der Waals surface area (Å²) in [7, 11) is 0. The van der Waals surface area contributed by atoms with Crippen LogP contribution in [0.2, 0.25) is 0 Å². The van der Waals surface area contributed by atoms with Crippen LogP contribution in [0.25, 0.3) is 0 Å². The van der Waals surface area contributed by atoms with Crippen LogP contribution < -0.4 is 10.6 Å². The molecule has 3 atom stereocenters. The van der Waals surface area contributed by atoms with Crippen LogP contribution in [0.15, 0.2) is 48.5 Å². The van der Waals surface area contributed by atoms with Gasteiger partial charge in [0.2, 0.25) is 17.7 Å². The maximum Gasteiger partial charge on any atom is 0.416 e. The van der Waals surface area contributed by atoms with Crippen LogP contribution in [-0.2, 0) is 26.0 Å². The van der Waals surface area contributed by atoms with Crippen molar-refractivity contribution in [3.63, 3.8) is 0 Å². The van der Waals surface area contributed by atoms with E-state index in [2.05, 4.69) is 10.6 Å². The zero-order valence-corrected chi connectivity index (χ0v) is 17.5. The first kappa shape index (κ1) is 22.0. The second kappa shape index (κ2) is 8.07. The van der Waals surface area contributed by atoms with Gasteiger partial charge < -0.3 is 5.32 Å². The van der Waals surface area contributed by atoms with Crippen LogP contribution in [0, 0.1) is 5.92 Å². The molecule has 0 bridgehead atoms. The zero-order valence-electron chi connectivity index (χ0n) is 17.5. The summed E-state index contributed by atoms with van der Waals surface area (Å²) in [4.78, 5) is 36.6. The molecule has 0 spiro atoms. The number of imide groups is 1. The van der Waals surface area contributed by atoms with Gasteiger partial charge in [0.05, 0.1) is 11.0 Å². The lowest BCUT2D eigenvalue weighted by atomic mass is 9.72. The van der Waals surface area contributed by atoms with Gasteiger partial charge in [-0.25, -0.2) is 0 Å². The van der Waals surface area contributed by atoms with Crippen molar-refractivity contribution in [2.24, 2.45) is 5.92 Å². The standard InChI is InChI=1S/C24H23F3N2O3/c1-2-23(12-11-20(30)29-22(23)32)14-7-9-15(10-8-14)28-21(31)18-13-17(18)16-5-3-4-6-19(16)24(25,26)27/h3-10,17-18H,2,11-13H2,1H3,(H,28,31)(H,29,30,32). The molecule has 1 aliphatic heterocycles. The minimum atomic E-state index is -4.46. The molecule has 2 fully saturated rings. The van der Waals surface area contributed by atoms with Crippen LogP contribution in [-0.4, -0.2) is 17.7 Å². The van der Waals surface area contributed by atoms with E-state index in [0.717, 1.165) is 11.6 Å². The topological polar surface area (TPSA) is 75.3 Å². The van der Waals surface area contributed by atoms with Gasteiger partial charge in [-0.1, -0.05) is 37.3 Å². The fraction of sp³-hybridized carbons (Fsp3) is 0.375. The van der Waals surface area contributed by atoms with Gasteiger partial charge in [-0.2, -0.15) is 13.2 Å². The first-order valence-electron chi connectivity index (χ1n) is 10.6. The van der Waals surface area contributed by atoms with E-state index in [1.165, 1.54) is 12.1 Å². The Bertz CT molecular complexity index is 1060. The minimum absolute atomic E-state index is 0.151. The molecule has 5 nitrogen and oxygen atoms in total. The molecule has 3 amide bonds. The Balaban J connectivity index is 1.45. The molecular weight excluding hydrogens is 421 g/mol. The number of amides is 3. The van der Waals surface area contributed by atoms with Gasteiger partial charge in [-0.05, 0) is 54.5 Å². The summed E-state index contributed by atoms with van der Waals surface area (Å²) in [5, 5.41) is 5.16. The smallest absolute Gasteiger partial charge is 0.326 e. The van der Waals surface area contributed by atoms with Crippen molar-refractivity contribution < 1.29 is 27.6 Å². The molecule has 3 unspecified atom stereocenters. The number of piperidine rings is 1. The van der Waals surface area contributed by atoms with Crippen LogP contribution in [0.1, 0.15) is 55.2 Å². The highest BCUT2D eigenvalue weighted by atomic mass is 19.4. The molecule has 2 aliphatic rings. The normalized spacial score (nSPS) is 25.2. The van der Waals surface area contributed by atoms with Crippen LogP contribution in [0.5, 0.6) is 0 Å². The van der Waals surface area contributed by atoms with Gasteiger partial charge >= 0.3 is 6.18 Å². The number of hydrogen-bond acceptors (Lipinski definition) is 3. The van der Waals surface area contributed by atoms with Crippen molar-refractivity contribution in [2.75, 3.05) is 5.32 Å². The van der Waals surface area contributed by atoms with Gasteiger partial charge in [0.25, 0.3) is 0 Å². The highest BCUT2D eigenvalue weighted by molar-refractivity contribution is 6.03. The molecule has 2 N–H and O–H groups in total. The Labute approximate surface area is 183 Å². The van der Waals surface area contributed by atoms with Crippen molar-refractivity contribution in [3.8, 4) is 0 Å². The predicted octanol–water partition coefficient (Wildman–Crippen LogP) is 4.53. The summed E-state index contributed by atoms with van der Waals surface area (Å²) < 4.78 is 39.8. The maximum atomic E-state index is 13.3. The van der Waals surface area contributed by atoms with Crippen molar-refractivity contribution in [1.82, 2.24) is 5.32 Å². The molecule has 0 radical (unpaired) electrons. The largest absolute Gasteiger partial charge is 0.416 e. The Morgan fingerprint density at radius 3 is 2.44 bits per heavy atom. The third kappa shape index (κ3) is 4.01. The van der Waals surface area contributed by atoms with Crippen molar-refractivity contribution in [1.29, 1.82) is 0 Å². The number of carbonyl (C=O) groups is 3. The summed E-state index contributed by atoms with van der Waals surface area (Å²) in [5.41, 5.74) is -0.0743. The molecular formula is C24H23F3N2O3. The van der Waals surface area contributed by atoms with Gasteiger partial charge in [0.1, 0.15) is 0 Å². The number of hydrogen-bond donors (Lipinski definition) is 2. The third-order valence-corrected chi connectivity index (χ3v) is 6.57. The number of anilines is 1. The van der Waals surface area contributed by atoms with E-state index >= 15 is 0 Å². The second-order valence-corrected chi connectivity index (χ2v) is 8.41. The average Bonchev–Trinajstić information content (AvgIpc) is 3.55. The zero-order chi connectivity index (χ0) is 23.1. The van der Waals surface area contributed by atoms with Crippen molar-refractivity contribution in [2.45, 2.75) is 50.1 Å². The van der Waals surface area contributed by atoms with Crippen LogP contribution in [0.3, 0.4) is 0 Å². The number of benzene rings is 2. The molecule has 8 heteroatoms. The van der Waals surface area contributed by atoms with E-state index < -0.39 is 29.0 Å². The Hall–Kier alpha value is -3.16. The Morgan fingerprint density at radius 1 is 1.12 bits per heavy atom. The van der Waals surface area contributed by atoms with Crippen LogP contribution in [0.4, 0.5) is 18.9 Å². The van der Waals surface area contributed by atoms with E-state index in [9.17, 15) is 27.6 Å². The fourth-order valence-electron chi connectivity index (χ4n) is 4.58. The first-order chi connectivity index (χ1) is 15.2. The molecule has 1 saturated carbocycles. The van der Waals surface area contributed by atoms with Crippen molar-refractivity contribution >= 4 is 23.4 Å². The SMILES string of the molecule is CCC1(c2ccc(NC(=O)C3CC3c3ccccc3C(F)(F)F)cc2)CCC(=O)NC1=O. The molecule has 0 aromatic heterocycles. The molecule has 2 aromatic rings. The highest BCUT2D eigenvalue weighted by Gasteiger charge is 2.48. The van der Waals surface area contributed by atoms with Crippen molar-refractivity contribution in [3.05, 3.63) is 65.2 Å². The quantitative estimate of drug-likeness (QED) is 0.666. The maximum absolute atomic E-state index is 13.3. The lowest BCUT2D eigenvalue weighted by Crippen LogP contribution is -2.51. The molecule has 168 valence electrons. The third-order valence-electron chi connectivity index (χ3n) is 6.57. The summed E-state index contributed by atoms with van der Waals surface area (Å²) >= 11 is 0. The number of nitrogens with one attached hydrogen (secondary N) is 2. The number of alkyl halides is 3. The molecule has 1 aliphatic carbocycles. The van der Waals surface area contributed by atoms with E-state index in [0.29, 0.717) is 24.9 Å². The molecule has 1 saturated heterocycles. The van der Waals surface area contributed by atoms with E-state index in [-0.39, 0.29) is 29.7 Å². The van der Waals surface area contributed by atoms with Gasteiger partial charge in [-0.3, -0.25) is 19.7 Å². The highest BCUT2D eigenvalue weighted by Crippen LogP contribution is 2.51. The Morgan fingerprint density at radius 2 is 1.81 bits per heavy atom. The number of rotatable bonds is 5.